The van der Waals surface area contributed by atoms with Crippen molar-refractivity contribution >= 4 is 11.6 Å². The van der Waals surface area contributed by atoms with Crippen molar-refractivity contribution in [1.82, 2.24) is 0 Å². The Kier molecular flexibility index (Phi) is 4.69. The molecule has 1 atom stereocenters. The van der Waals surface area contributed by atoms with Crippen LogP contribution in [0.1, 0.15) is 18.1 Å². The summed E-state index contributed by atoms with van der Waals surface area (Å²) in [5.41, 5.74) is 1.85. The van der Waals surface area contributed by atoms with E-state index in [1.165, 1.54) is 0 Å². The number of amides is 1. The summed E-state index contributed by atoms with van der Waals surface area (Å²) in [5.74, 6) is -0.272. The summed E-state index contributed by atoms with van der Waals surface area (Å²) in [5, 5.41) is 12.8. The first kappa shape index (κ1) is 14.0. The molecule has 0 spiro atoms. The number of anilines is 1. The van der Waals surface area contributed by atoms with Crippen molar-refractivity contribution in [2.24, 2.45) is 0 Å². The van der Waals surface area contributed by atoms with Gasteiger partial charge in [0.2, 0.25) is 0 Å². The second kappa shape index (κ2) is 6.68. The Morgan fingerprint density at radius 1 is 1.05 bits per heavy atom. The Hall–Kier alpha value is -2.39. The Bertz CT molecular complexity index is 578. The molecule has 0 fully saturated rings. The third-order valence-electron chi connectivity index (χ3n) is 2.98. The lowest BCUT2D eigenvalue weighted by Crippen LogP contribution is -2.15. The molecule has 2 aromatic rings. The number of para-hydroxylation sites is 1. The molecule has 3 heteroatoms. The van der Waals surface area contributed by atoms with Crippen LogP contribution in [0.2, 0.25) is 0 Å². The molecule has 102 valence electrons. The summed E-state index contributed by atoms with van der Waals surface area (Å²) >= 11 is 0. The van der Waals surface area contributed by atoms with E-state index in [0.717, 1.165) is 5.56 Å². The average Bonchev–Trinajstić information content (AvgIpc) is 2.49. The summed E-state index contributed by atoms with van der Waals surface area (Å²) in [7, 11) is 0. The summed E-state index contributed by atoms with van der Waals surface area (Å²) in [6.07, 6.45) is -0.506. The van der Waals surface area contributed by atoms with E-state index in [0.29, 0.717) is 11.3 Å². The molecule has 0 aliphatic heterocycles. The number of nitrogens with one attached hydrogen (secondary N) is 1. The lowest BCUT2D eigenvalue weighted by Gasteiger charge is -2.13. The number of aliphatic hydroxyl groups excluding tert-OH is 1. The number of benzene rings is 2. The van der Waals surface area contributed by atoms with Gasteiger partial charge in [0.15, 0.2) is 0 Å². The fourth-order valence-electron chi connectivity index (χ4n) is 1.86. The minimum Gasteiger partial charge on any atom is -0.388 e. The van der Waals surface area contributed by atoms with Crippen LogP contribution >= 0.6 is 0 Å². The number of hydrogen-bond acceptors (Lipinski definition) is 2. The molecule has 0 aromatic heterocycles. The zero-order valence-corrected chi connectivity index (χ0v) is 11.1. The van der Waals surface area contributed by atoms with Crippen molar-refractivity contribution < 1.29 is 9.90 Å². The van der Waals surface area contributed by atoms with Crippen molar-refractivity contribution in [3.63, 3.8) is 0 Å². The van der Waals surface area contributed by atoms with Crippen LogP contribution in [-0.4, -0.2) is 11.0 Å². The molecule has 0 saturated carbocycles. The first-order valence-electron chi connectivity index (χ1n) is 6.44. The lowest BCUT2D eigenvalue weighted by molar-refractivity contribution is -0.113. The smallest absolute Gasteiger partial charge is 0.251 e. The molecular weight excluding hydrogens is 250 g/mol. The quantitative estimate of drug-likeness (QED) is 0.817. The third kappa shape index (κ3) is 3.80. The second-order valence-electron chi connectivity index (χ2n) is 4.55. The molecule has 0 bridgehead atoms. The average molecular weight is 267 g/mol. The van der Waals surface area contributed by atoms with Gasteiger partial charge < -0.3 is 10.4 Å². The lowest BCUT2D eigenvalue weighted by atomic mass is 10.0. The molecule has 2 aromatic carbocycles. The first-order chi connectivity index (χ1) is 9.66. The fourth-order valence-corrected chi connectivity index (χ4v) is 1.86. The van der Waals surface area contributed by atoms with Gasteiger partial charge in [0.1, 0.15) is 0 Å². The van der Waals surface area contributed by atoms with Crippen molar-refractivity contribution in [2.75, 3.05) is 5.32 Å². The molecule has 20 heavy (non-hydrogen) atoms. The summed E-state index contributed by atoms with van der Waals surface area (Å²) in [6.45, 7) is 3.74. The zero-order valence-electron chi connectivity index (χ0n) is 11.1. The van der Waals surface area contributed by atoms with Gasteiger partial charge >= 0.3 is 0 Å². The normalized spacial score (nSPS) is 11.7. The molecule has 0 unspecified atom stereocenters. The molecule has 0 aliphatic carbocycles. The highest BCUT2D eigenvalue weighted by Crippen LogP contribution is 2.20. The van der Waals surface area contributed by atoms with Crippen LogP contribution < -0.4 is 5.32 Å². The largest absolute Gasteiger partial charge is 0.388 e. The van der Waals surface area contributed by atoms with Crippen LogP contribution in [0.15, 0.2) is 72.8 Å². The minimum absolute atomic E-state index is 0.211. The van der Waals surface area contributed by atoms with Gasteiger partial charge in [-0.15, -0.1) is 0 Å². The van der Waals surface area contributed by atoms with Gasteiger partial charge in [0.25, 0.3) is 5.91 Å². The highest BCUT2D eigenvalue weighted by Gasteiger charge is 2.14. The molecule has 0 aliphatic rings. The summed E-state index contributed by atoms with van der Waals surface area (Å²) in [6, 6.07) is 18.4. The number of carbonyl (C=O) groups excluding carboxylic acids is 1. The van der Waals surface area contributed by atoms with Gasteiger partial charge in [-0.25, -0.2) is 0 Å². The molecule has 2 N–H and O–H groups in total. The van der Waals surface area contributed by atoms with Crippen LogP contribution in [0.4, 0.5) is 5.69 Å². The van der Waals surface area contributed by atoms with Gasteiger partial charge in [0.05, 0.1) is 6.10 Å². The van der Waals surface area contributed by atoms with Crippen LogP contribution in [0.25, 0.3) is 0 Å². The van der Waals surface area contributed by atoms with Gasteiger partial charge in [-0.05, 0) is 17.7 Å². The Labute approximate surface area is 118 Å². The number of carbonyl (C=O) groups is 1. The van der Waals surface area contributed by atoms with Gasteiger partial charge in [-0.3, -0.25) is 4.79 Å². The molecule has 2 rings (SSSR count). The highest BCUT2D eigenvalue weighted by atomic mass is 16.3. The van der Waals surface area contributed by atoms with E-state index in [1.807, 2.05) is 48.5 Å². The standard InChI is InChI=1S/C17H17NO2/c1-13(12-16(19)14-8-4-2-5-9-14)17(20)18-15-10-6-3-7-11-15/h2-11,16,19H,1,12H2,(H,18,20)/t16-/m0/s1. The summed E-state index contributed by atoms with van der Waals surface area (Å²) in [4.78, 5) is 12.0. The van der Waals surface area contributed by atoms with E-state index in [1.54, 1.807) is 12.1 Å². The van der Waals surface area contributed by atoms with Crippen LogP contribution in [0.3, 0.4) is 0 Å². The van der Waals surface area contributed by atoms with E-state index in [9.17, 15) is 9.90 Å². The molecular formula is C17H17NO2. The van der Waals surface area contributed by atoms with Crippen molar-refractivity contribution in [1.29, 1.82) is 0 Å². The molecule has 0 heterocycles. The highest BCUT2D eigenvalue weighted by molar-refractivity contribution is 6.03. The van der Waals surface area contributed by atoms with Crippen LogP contribution in [-0.2, 0) is 4.79 Å². The maximum atomic E-state index is 12.0. The number of aliphatic hydroxyl groups is 1. The Morgan fingerprint density at radius 2 is 1.60 bits per heavy atom. The van der Waals surface area contributed by atoms with E-state index >= 15 is 0 Å². The number of hydrogen-bond donors (Lipinski definition) is 2. The molecule has 0 saturated heterocycles. The molecule has 3 nitrogen and oxygen atoms in total. The van der Waals surface area contributed by atoms with E-state index < -0.39 is 6.10 Å². The van der Waals surface area contributed by atoms with E-state index in [2.05, 4.69) is 11.9 Å². The Balaban J connectivity index is 1.93. The van der Waals surface area contributed by atoms with Crippen molar-refractivity contribution in [3.05, 3.63) is 78.4 Å². The van der Waals surface area contributed by atoms with Gasteiger partial charge in [-0.2, -0.15) is 0 Å². The monoisotopic (exact) mass is 267 g/mol. The van der Waals surface area contributed by atoms with Gasteiger partial charge in [0, 0.05) is 17.7 Å². The van der Waals surface area contributed by atoms with E-state index in [-0.39, 0.29) is 12.3 Å². The predicted octanol–water partition coefficient (Wildman–Crippen LogP) is 3.31. The first-order valence-corrected chi connectivity index (χ1v) is 6.44. The Morgan fingerprint density at radius 3 is 2.20 bits per heavy atom. The minimum atomic E-state index is -0.717. The van der Waals surface area contributed by atoms with Crippen LogP contribution in [0.5, 0.6) is 0 Å². The molecule has 0 radical (unpaired) electrons. The third-order valence-corrected chi connectivity index (χ3v) is 2.98. The number of rotatable bonds is 5. The SMILES string of the molecule is C=C(C[C@H](O)c1ccccc1)C(=O)Nc1ccccc1. The topological polar surface area (TPSA) is 49.3 Å². The van der Waals surface area contributed by atoms with Gasteiger partial charge in [-0.1, -0.05) is 55.1 Å². The van der Waals surface area contributed by atoms with Crippen molar-refractivity contribution in [2.45, 2.75) is 12.5 Å². The predicted molar refractivity (Wildman–Crippen MR) is 80.2 cm³/mol. The maximum absolute atomic E-state index is 12.0. The van der Waals surface area contributed by atoms with E-state index in [4.69, 9.17) is 0 Å². The maximum Gasteiger partial charge on any atom is 0.251 e. The molecule has 1 amide bonds. The van der Waals surface area contributed by atoms with Crippen LogP contribution in [0, 0.1) is 0 Å². The van der Waals surface area contributed by atoms with Crippen molar-refractivity contribution in [3.8, 4) is 0 Å². The fraction of sp³-hybridized carbons (Fsp3) is 0.118. The summed E-state index contributed by atoms with van der Waals surface area (Å²) < 4.78 is 0. The second-order valence-corrected chi connectivity index (χ2v) is 4.55. The zero-order chi connectivity index (χ0) is 14.4.